The van der Waals surface area contributed by atoms with Crippen LogP contribution in [-0.4, -0.2) is 11.5 Å². The minimum absolute atomic E-state index is 0.627. The van der Waals surface area contributed by atoms with E-state index in [0.29, 0.717) is 10.9 Å². The fourth-order valence-corrected chi connectivity index (χ4v) is 0.901. The Morgan fingerprint density at radius 2 is 2.25 bits per heavy atom. The summed E-state index contributed by atoms with van der Waals surface area (Å²) in [6, 6.07) is 3.71. The smallest absolute Gasteiger partial charge is 0.125 e. The van der Waals surface area contributed by atoms with Crippen LogP contribution in [0.15, 0.2) is 18.3 Å². The van der Waals surface area contributed by atoms with Gasteiger partial charge in [0.05, 0.1) is 5.02 Å². The Balaban J connectivity index is 2.48. The molecule has 1 rings (SSSR count). The molecule has 0 aromatic carbocycles. The van der Waals surface area contributed by atoms with Crippen LogP contribution in [0.3, 0.4) is 0 Å². The molecule has 1 heterocycles. The van der Waals surface area contributed by atoms with Gasteiger partial charge in [-0.15, -0.1) is 0 Å². The van der Waals surface area contributed by atoms with Gasteiger partial charge in [-0.1, -0.05) is 25.4 Å². The molecule has 0 aliphatic rings. The Morgan fingerprint density at radius 1 is 1.50 bits per heavy atom. The van der Waals surface area contributed by atoms with Crippen LogP contribution in [0.25, 0.3) is 0 Å². The van der Waals surface area contributed by atoms with E-state index in [-0.39, 0.29) is 0 Å². The molecular weight excluding hydrogens is 172 g/mol. The molecular formula is C9H13ClN2. The summed E-state index contributed by atoms with van der Waals surface area (Å²) in [7, 11) is 0. The second-order valence-electron chi connectivity index (χ2n) is 3.14. The van der Waals surface area contributed by atoms with E-state index in [1.54, 1.807) is 6.20 Å². The highest BCUT2D eigenvalue weighted by atomic mass is 35.5. The van der Waals surface area contributed by atoms with Gasteiger partial charge >= 0.3 is 0 Å². The Hall–Kier alpha value is -0.760. The van der Waals surface area contributed by atoms with Crippen molar-refractivity contribution in [1.29, 1.82) is 0 Å². The number of halogens is 1. The predicted molar refractivity (Wildman–Crippen MR) is 52.6 cm³/mol. The third-order valence-corrected chi connectivity index (χ3v) is 1.64. The van der Waals surface area contributed by atoms with Gasteiger partial charge in [-0.25, -0.2) is 4.98 Å². The number of rotatable bonds is 3. The molecule has 2 nitrogen and oxygen atoms in total. The minimum atomic E-state index is 0.627. The van der Waals surface area contributed by atoms with Crippen molar-refractivity contribution in [1.82, 2.24) is 4.98 Å². The number of hydrogen-bond donors (Lipinski definition) is 1. The van der Waals surface area contributed by atoms with Gasteiger partial charge in [0, 0.05) is 12.7 Å². The van der Waals surface area contributed by atoms with Crippen LogP contribution in [0.2, 0.25) is 5.02 Å². The zero-order chi connectivity index (χ0) is 8.97. The predicted octanol–water partition coefficient (Wildman–Crippen LogP) is 2.80. The summed E-state index contributed by atoms with van der Waals surface area (Å²) >= 11 is 5.68. The zero-order valence-electron chi connectivity index (χ0n) is 7.34. The maximum absolute atomic E-state index is 5.68. The summed E-state index contributed by atoms with van der Waals surface area (Å²) in [4.78, 5) is 4.11. The molecule has 0 unspecified atom stereocenters. The van der Waals surface area contributed by atoms with Gasteiger partial charge in [-0.2, -0.15) is 0 Å². The Labute approximate surface area is 78.0 Å². The van der Waals surface area contributed by atoms with Crippen molar-refractivity contribution in [3.05, 3.63) is 23.4 Å². The van der Waals surface area contributed by atoms with Crippen LogP contribution in [0.1, 0.15) is 13.8 Å². The normalized spacial score (nSPS) is 10.3. The molecule has 0 bridgehead atoms. The molecule has 1 aromatic rings. The Morgan fingerprint density at radius 3 is 2.75 bits per heavy atom. The van der Waals surface area contributed by atoms with Crippen molar-refractivity contribution in [2.75, 3.05) is 11.9 Å². The van der Waals surface area contributed by atoms with Crippen molar-refractivity contribution in [2.45, 2.75) is 13.8 Å². The lowest BCUT2D eigenvalue weighted by Crippen LogP contribution is -2.08. The van der Waals surface area contributed by atoms with E-state index >= 15 is 0 Å². The van der Waals surface area contributed by atoms with Crippen molar-refractivity contribution in [3.63, 3.8) is 0 Å². The average molecular weight is 185 g/mol. The van der Waals surface area contributed by atoms with Crippen LogP contribution in [0.5, 0.6) is 0 Å². The Bertz CT molecular complexity index is 231. The van der Waals surface area contributed by atoms with Gasteiger partial charge in [0.25, 0.3) is 0 Å². The lowest BCUT2D eigenvalue weighted by molar-refractivity contribution is 0.687. The molecule has 12 heavy (non-hydrogen) atoms. The lowest BCUT2D eigenvalue weighted by Gasteiger charge is -2.07. The second kappa shape index (κ2) is 4.31. The van der Waals surface area contributed by atoms with Crippen LogP contribution in [-0.2, 0) is 0 Å². The number of hydrogen-bond acceptors (Lipinski definition) is 2. The maximum Gasteiger partial charge on any atom is 0.125 e. The summed E-state index contributed by atoms with van der Waals surface area (Å²) in [5, 5.41) is 3.87. The Kier molecular flexibility index (Phi) is 3.35. The summed E-state index contributed by atoms with van der Waals surface area (Å²) in [5.41, 5.74) is 0. The van der Waals surface area contributed by atoms with E-state index < -0.39 is 0 Å². The fourth-order valence-electron chi connectivity index (χ4n) is 0.789. The van der Waals surface area contributed by atoms with Gasteiger partial charge in [0.15, 0.2) is 0 Å². The molecule has 1 aromatic heterocycles. The standard InChI is InChI=1S/C9H13ClN2/c1-7(2)5-11-9-4-3-8(10)6-12-9/h3-4,6-7H,5H2,1-2H3,(H,11,12). The third kappa shape index (κ3) is 3.09. The molecule has 1 N–H and O–H groups in total. The first-order chi connectivity index (χ1) is 5.68. The first-order valence-electron chi connectivity index (χ1n) is 4.04. The third-order valence-electron chi connectivity index (χ3n) is 1.42. The quantitative estimate of drug-likeness (QED) is 0.782. The highest BCUT2D eigenvalue weighted by molar-refractivity contribution is 6.30. The average Bonchev–Trinajstić information content (AvgIpc) is 2.03. The molecule has 0 fully saturated rings. The van der Waals surface area contributed by atoms with Crippen LogP contribution in [0.4, 0.5) is 5.82 Å². The van der Waals surface area contributed by atoms with E-state index in [1.807, 2.05) is 12.1 Å². The van der Waals surface area contributed by atoms with Crippen LogP contribution < -0.4 is 5.32 Å². The zero-order valence-corrected chi connectivity index (χ0v) is 8.10. The lowest BCUT2D eigenvalue weighted by atomic mass is 10.2. The van der Waals surface area contributed by atoms with E-state index in [1.165, 1.54) is 0 Å². The molecule has 0 saturated heterocycles. The summed E-state index contributed by atoms with van der Waals surface area (Å²) in [5.74, 6) is 1.51. The van der Waals surface area contributed by atoms with E-state index in [2.05, 4.69) is 24.1 Å². The molecule has 0 saturated carbocycles. The van der Waals surface area contributed by atoms with Crippen molar-refractivity contribution < 1.29 is 0 Å². The van der Waals surface area contributed by atoms with Gasteiger partial charge in [0.1, 0.15) is 5.82 Å². The van der Waals surface area contributed by atoms with Gasteiger partial charge < -0.3 is 5.32 Å². The fraction of sp³-hybridized carbons (Fsp3) is 0.444. The first-order valence-corrected chi connectivity index (χ1v) is 4.41. The highest BCUT2D eigenvalue weighted by Crippen LogP contribution is 2.09. The number of nitrogens with one attached hydrogen (secondary N) is 1. The highest BCUT2D eigenvalue weighted by Gasteiger charge is 1.95. The molecule has 0 aliphatic carbocycles. The number of aromatic nitrogens is 1. The molecule has 0 radical (unpaired) electrons. The molecule has 0 spiro atoms. The summed E-state index contributed by atoms with van der Waals surface area (Å²) in [6.45, 7) is 5.25. The van der Waals surface area contributed by atoms with Crippen molar-refractivity contribution in [3.8, 4) is 0 Å². The summed E-state index contributed by atoms with van der Waals surface area (Å²) < 4.78 is 0. The van der Waals surface area contributed by atoms with E-state index in [4.69, 9.17) is 11.6 Å². The molecule has 3 heteroatoms. The number of anilines is 1. The molecule has 0 amide bonds. The molecule has 0 aliphatic heterocycles. The topological polar surface area (TPSA) is 24.9 Å². The van der Waals surface area contributed by atoms with Gasteiger partial charge in [0.2, 0.25) is 0 Å². The second-order valence-corrected chi connectivity index (χ2v) is 3.57. The van der Waals surface area contributed by atoms with Crippen LogP contribution >= 0.6 is 11.6 Å². The number of pyridine rings is 1. The minimum Gasteiger partial charge on any atom is -0.370 e. The van der Waals surface area contributed by atoms with Crippen LogP contribution in [0, 0.1) is 5.92 Å². The van der Waals surface area contributed by atoms with E-state index in [9.17, 15) is 0 Å². The molecule has 66 valence electrons. The monoisotopic (exact) mass is 184 g/mol. The van der Waals surface area contributed by atoms with Crippen molar-refractivity contribution in [2.24, 2.45) is 5.92 Å². The maximum atomic E-state index is 5.68. The summed E-state index contributed by atoms with van der Waals surface area (Å²) in [6.07, 6.45) is 1.64. The SMILES string of the molecule is CC(C)CNc1ccc(Cl)cn1. The molecule has 0 atom stereocenters. The van der Waals surface area contributed by atoms with Crippen molar-refractivity contribution >= 4 is 17.4 Å². The van der Waals surface area contributed by atoms with Gasteiger partial charge in [-0.3, -0.25) is 0 Å². The largest absolute Gasteiger partial charge is 0.370 e. The van der Waals surface area contributed by atoms with Gasteiger partial charge in [-0.05, 0) is 18.1 Å². The van der Waals surface area contributed by atoms with E-state index in [0.717, 1.165) is 12.4 Å². The number of nitrogens with zero attached hydrogens (tertiary/aromatic N) is 1. The first kappa shape index (κ1) is 9.33.